The number of pyridine rings is 1. The topological polar surface area (TPSA) is 58.3 Å². The average molecular weight is 377 g/mol. The van der Waals surface area contributed by atoms with Crippen LogP contribution < -0.4 is 4.90 Å². The molecule has 0 bridgehead atoms. The molecule has 0 spiro atoms. The molecular formula is C18H18F3N5O. The van der Waals surface area contributed by atoms with Crippen molar-refractivity contribution in [2.75, 3.05) is 31.1 Å². The highest BCUT2D eigenvalue weighted by atomic mass is 19.4. The summed E-state index contributed by atoms with van der Waals surface area (Å²) in [6, 6.07) is 5.58. The summed E-state index contributed by atoms with van der Waals surface area (Å²) < 4.78 is 43.8. The predicted molar refractivity (Wildman–Crippen MR) is 93.3 cm³/mol. The number of benzene rings is 1. The van der Waals surface area contributed by atoms with E-state index in [4.69, 9.17) is 4.52 Å². The number of alkyl halides is 3. The van der Waals surface area contributed by atoms with Gasteiger partial charge < -0.3 is 9.42 Å². The van der Waals surface area contributed by atoms with E-state index in [9.17, 15) is 13.2 Å². The molecule has 4 rings (SSSR count). The zero-order valence-corrected chi connectivity index (χ0v) is 14.7. The summed E-state index contributed by atoms with van der Waals surface area (Å²) in [5.41, 5.74) is 0.579. The summed E-state index contributed by atoms with van der Waals surface area (Å²) in [6.45, 7) is 5.51. The van der Waals surface area contributed by atoms with E-state index in [1.807, 2.05) is 6.07 Å². The Labute approximate surface area is 153 Å². The minimum Gasteiger partial charge on any atom is -0.368 e. The smallest absolute Gasteiger partial charge is 0.368 e. The maximum Gasteiger partial charge on any atom is 0.416 e. The van der Waals surface area contributed by atoms with E-state index in [0.29, 0.717) is 23.8 Å². The number of anilines is 1. The number of piperazine rings is 1. The number of rotatable bonds is 3. The summed E-state index contributed by atoms with van der Waals surface area (Å²) in [5, 5.41) is 4.64. The molecule has 0 aliphatic carbocycles. The van der Waals surface area contributed by atoms with Crippen LogP contribution in [0.2, 0.25) is 0 Å². The van der Waals surface area contributed by atoms with Gasteiger partial charge in [-0.2, -0.15) is 18.2 Å². The first kappa shape index (κ1) is 17.7. The van der Waals surface area contributed by atoms with Gasteiger partial charge >= 0.3 is 6.18 Å². The maximum atomic E-state index is 12.9. The monoisotopic (exact) mass is 377 g/mol. The summed E-state index contributed by atoms with van der Waals surface area (Å²) >= 11 is 0. The van der Waals surface area contributed by atoms with Gasteiger partial charge in [0, 0.05) is 50.4 Å². The van der Waals surface area contributed by atoms with Crippen LogP contribution in [0.3, 0.4) is 0 Å². The lowest BCUT2D eigenvalue weighted by atomic mass is 10.1. The number of hydrogen-bond donors (Lipinski definition) is 0. The molecule has 0 radical (unpaired) electrons. The fourth-order valence-electron chi connectivity index (χ4n) is 3.34. The molecule has 9 heteroatoms. The zero-order chi connectivity index (χ0) is 19.0. The van der Waals surface area contributed by atoms with Gasteiger partial charge in [-0.1, -0.05) is 11.2 Å². The third-order valence-electron chi connectivity index (χ3n) is 4.69. The van der Waals surface area contributed by atoms with E-state index in [-0.39, 0.29) is 0 Å². The molecule has 0 atom stereocenters. The lowest BCUT2D eigenvalue weighted by molar-refractivity contribution is -0.137. The van der Waals surface area contributed by atoms with Crippen LogP contribution in [0, 0.1) is 6.92 Å². The molecule has 1 saturated heterocycles. The van der Waals surface area contributed by atoms with Crippen LogP contribution in [0.5, 0.6) is 0 Å². The third-order valence-corrected chi connectivity index (χ3v) is 4.69. The Morgan fingerprint density at radius 3 is 2.56 bits per heavy atom. The number of fused-ring (bicyclic) bond motifs is 1. The second-order valence-electron chi connectivity index (χ2n) is 6.55. The molecule has 1 aliphatic heterocycles. The van der Waals surface area contributed by atoms with Crippen molar-refractivity contribution in [1.82, 2.24) is 20.0 Å². The van der Waals surface area contributed by atoms with Gasteiger partial charge in [0.25, 0.3) is 0 Å². The third kappa shape index (κ3) is 3.73. The van der Waals surface area contributed by atoms with E-state index in [1.165, 1.54) is 6.07 Å². The van der Waals surface area contributed by atoms with Crippen molar-refractivity contribution in [3.05, 3.63) is 47.7 Å². The number of hydrogen-bond acceptors (Lipinski definition) is 6. The van der Waals surface area contributed by atoms with Crippen molar-refractivity contribution < 1.29 is 17.7 Å². The highest BCUT2D eigenvalue weighted by molar-refractivity contribution is 5.92. The Morgan fingerprint density at radius 2 is 1.89 bits per heavy atom. The molecule has 1 aromatic carbocycles. The van der Waals surface area contributed by atoms with Gasteiger partial charge in [-0.05, 0) is 18.2 Å². The first-order chi connectivity index (χ1) is 12.9. The zero-order valence-electron chi connectivity index (χ0n) is 14.7. The first-order valence-corrected chi connectivity index (χ1v) is 8.62. The standard InChI is InChI=1S/C18H18F3N5O/c1-12-23-17(24-27-12)11-25-6-8-26(9-7-25)16-4-5-22-15-10-13(18(19,20)21)2-3-14(15)16/h2-5,10H,6-9,11H2,1H3. The quantitative estimate of drug-likeness (QED) is 0.698. The van der Waals surface area contributed by atoms with Crippen molar-refractivity contribution in [2.24, 2.45) is 0 Å². The Morgan fingerprint density at radius 1 is 1.11 bits per heavy atom. The molecule has 142 valence electrons. The lowest BCUT2D eigenvalue weighted by Crippen LogP contribution is -2.46. The first-order valence-electron chi connectivity index (χ1n) is 8.62. The van der Waals surface area contributed by atoms with Crippen molar-refractivity contribution in [2.45, 2.75) is 19.6 Å². The van der Waals surface area contributed by atoms with Crippen molar-refractivity contribution in [3.63, 3.8) is 0 Å². The molecule has 3 heterocycles. The maximum absolute atomic E-state index is 12.9. The largest absolute Gasteiger partial charge is 0.416 e. The van der Waals surface area contributed by atoms with Crippen LogP contribution in [0.1, 0.15) is 17.3 Å². The average Bonchev–Trinajstić information content (AvgIpc) is 3.05. The Bertz CT molecular complexity index is 948. The lowest BCUT2D eigenvalue weighted by Gasteiger charge is -2.36. The van der Waals surface area contributed by atoms with Crippen LogP contribution in [-0.2, 0) is 12.7 Å². The number of aromatic nitrogens is 3. The van der Waals surface area contributed by atoms with E-state index >= 15 is 0 Å². The van der Waals surface area contributed by atoms with Crippen LogP contribution >= 0.6 is 0 Å². The molecular weight excluding hydrogens is 359 g/mol. The minimum absolute atomic E-state index is 0.354. The number of halogens is 3. The molecule has 3 aromatic rings. The van der Waals surface area contributed by atoms with Gasteiger partial charge in [0.15, 0.2) is 5.82 Å². The molecule has 0 N–H and O–H groups in total. The van der Waals surface area contributed by atoms with Crippen LogP contribution in [-0.4, -0.2) is 46.2 Å². The fraction of sp³-hybridized carbons (Fsp3) is 0.389. The number of aryl methyl sites for hydroxylation is 1. The molecule has 0 saturated carbocycles. The van der Waals surface area contributed by atoms with Crippen molar-refractivity contribution in [1.29, 1.82) is 0 Å². The molecule has 0 unspecified atom stereocenters. The SMILES string of the molecule is Cc1nc(CN2CCN(c3ccnc4cc(C(F)(F)F)ccc34)CC2)no1. The highest BCUT2D eigenvalue weighted by Crippen LogP contribution is 2.33. The molecule has 27 heavy (non-hydrogen) atoms. The molecule has 0 amide bonds. The van der Waals surface area contributed by atoms with Crippen LogP contribution in [0.25, 0.3) is 10.9 Å². The number of nitrogens with zero attached hydrogens (tertiary/aromatic N) is 5. The van der Waals surface area contributed by atoms with E-state index in [1.54, 1.807) is 13.1 Å². The van der Waals surface area contributed by atoms with Gasteiger partial charge in [-0.3, -0.25) is 9.88 Å². The van der Waals surface area contributed by atoms with Crippen LogP contribution in [0.15, 0.2) is 35.0 Å². The van der Waals surface area contributed by atoms with Gasteiger partial charge in [-0.25, -0.2) is 0 Å². The van der Waals surface area contributed by atoms with Gasteiger partial charge in [-0.15, -0.1) is 0 Å². The molecule has 6 nitrogen and oxygen atoms in total. The summed E-state index contributed by atoms with van der Waals surface area (Å²) in [6.07, 6.45) is -2.81. The Kier molecular flexibility index (Phi) is 4.47. The summed E-state index contributed by atoms with van der Waals surface area (Å²) in [5.74, 6) is 1.21. The minimum atomic E-state index is -4.37. The second kappa shape index (κ2) is 6.80. The second-order valence-corrected chi connectivity index (χ2v) is 6.55. The van der Waals surface area contributed by atoms with Gasteiger partial charge in [0.2, 0.25) is 5.89 Å². The van der Waals surface area contributed by atoms with Crippen molar-refractivity contribution >= 4 is 16.6 Å². The predicted octanol–water partition coefficient (Wildman–Crippen LogP) is 3.27. The normalized spacial score (nSPS) is 16.2. The summed E-state index contributed by atoms with van der Waals surface area (Å²) in [4.78, 5) is 12.7. The van der Waals surface area contributed by atoms with Crippen molar-refractivity contribution in [3.8, 4) is 0 Å². The Balaban J connectivity index is 1.50. The highest BCUT2D eigenvalue weighted by Gasteiger charge is 2.31. The van der Waals surface area contributed by atoms with Gasteiger partial charge in [0.05, 0.1) is 17.6 Å². The van der Waals surface area contributed by atoms with E-state index < -0.39 is 11.7 Å². The molecule has 1 fully saturated rings. The van der Waals surface area contributed by atoms with E-state index in [2.05, 4.69) is 24.9 Å². The molecule has 1 aliphatic rings. The van der Waals surface area contributed by atoms with E-state index in [0.717, 1.165) is 49.4 Å². The summed E-state index contributed by atoms with van der Waals surface area (Å²) in [7, 11) is 0. The molecule has 2 aromatic heterocycles. The fourth-order valence-corrected chi connectivity index (χ4v) is 3.34. The van der Waals surface area contributed by atoms with Gasteiger partial charge in [0.1, 0.15) is 0 Å². The Hall–Kier alpha value is -2.68. The van der Waals surface area contributed by atoms with Crippen LogP contribution in [0.4, 0.5) is 18.9 Å².